The van der Waals surface area contributed by atoms with Gasteiger partial charge in [0, 0.05) is 44.2 Å². The number of nitrogens with one attached hydrogen (secondary N) is 1. The summed E-state index contributed by atoms with van der Waals surface area (Å²) >= 11 is 5.87. The van der Waals surface area contributed by atoms with Gasteiger partial charge < -0.3 is 15.1 Å². The van der Waals surface area contributed by atoms with E-state index in [1.807, 2.05) is 4.90 Å². The van der Waals surface area contributed by atoms with Gasteiger partial charge in [-0.05, 0) is 43.0 Å². The summed E-state index contributed by atoms with van der Waals surface area (Å²) in [5, 5.41) is 3.41. The molecule has 2 aliphatic heterocycles. The Balaban J connectivity index is 1.34. The van der Waals surface area contributed by atoms with Crippen molar-refractivity contribution in [3.8, 4) is 0 Å². The standard InChI is InChI=1S/C24H27ClF3N5O/c1-14-12-24(27,28)21-19(14)22(31-13-30-21)32-7-9-33(10-8-32)23(34)20(18-3-2-6-29-18)15-4-5-16(25)17(26)11-15/h4-5,11,13-14,18,20,29H,2-3,6-10,12H2,1H3/t14-,18+,20+/m1/s1. The van der Waals surface area contributed by atoms with Crippen LogP contribution in [0.3, 0.4) is 0 Å². The topological polar surface area (TPSA) is 61.4 Å². The Morgan fingerprint density at radius 1 is 1.24 bits per heavy atom. The monoisotopic (exact) mass is 493 g/mol. The van der Waals surface area contributed by atoms with E-state index in [4.69, 9.17) is 11.6 Å². The number of halogens is 4. The molecule has 0 unspecified atom stereocenters. The predicted octanol–water partition coefficient (Wildman–Crippen LogP) is 4.05. The first-order valence-corrected chi connectivity index (χ1v) is 12.1. The van der Waals surface area contributed by atoms with Crippen LogP contribution >= 0.6 is 11.6 Å². The second-order valence-corrected chi connectivity index (χ2v) is 9.84. The van der Waals surface area contributed by atoms with Crippen molar-refractivity contribution in [1.82, 2.24) is 20.2 Å². The summed E-state index contributed by atoms with van der Waals surface area (Å²) in [5.74, 6) is -3.85. The molecular formula is C24H27ClF3N5O. The van der Waals surface area contributed by atoms with Gasteiger partial charge in [0.25, 0.3) is 5.92 Å². The van der Waals surface area contributed by atoms with Crippen LogP contribution < -0.4 is 10.2 Å². The van der Waals surface area contributed by atoms with E-state index in [-0.39, 0.29) is 35.0 Å². The minimum Gasteiger partial charge on any atom is -0.353 e. The van der Waals surface area contributed by atoms with Crippen LogP contribution in [-0.4, -0.2) is 59.5 Å². The number of nitrogens with zero attached hydrogens (tertiary/aromatic N) is 4. The molecule has 6 nitrogen and oxygen atoms in total. The van der Waals surface area contributed by atoms with E-state index in [9.17, 15) is 18.0 Å². The number of benzene rings is 1. The fourth-order valence-corrected chi connectivity index (χ4v) is 5.67. The number of carbonyl (C=O) groups excluding carboxylic acids is 1. The van der Waals surface area contributed by atoms with E-state index in [0.717, 1.165) is 19.4 Å². The Morgan fingerprint density at radius 2 is 2.00 bits per heavy atom. The molecule has 0 saturated carbocycles. The molecule has 34 heavy (non-hydrogen) atoms. The highest BCUT2D eigenvalue weighted by molar-refractivity contribution is 6.30. The van der Waals surface area contributed by atoms with Crippen molar-refractivity contribution < 1.29 is 18.0 Å². The molecule has 2 fully saturated rings. The molecule has 2 aromatic rings. The second-order valence-electron chi connectivity index (χ2n) is 9.44. The third-order valence-corrected chi connectivity index (χ3v) is 7.53. The summed E-state index contributed by atoms with van der Waals surface area (Å²) < 4.78 is 42.9. The van der Waals surface area contributed by atoms with Gasteiger partial charge in [0.2, 0.25) is 5.91 Å². The van der Waals surface area contributed by atoms with Gasteiger partial charge in [-0.25, -0.2) is 14.4 Å². The maximum Gasteiger partial charge on any atom is 0.290 e. The van der Waals surface area contributed by atoms with E-state index in [1.54, 1.807) is 17.9 Å². The summed E-state index contributed by atoms with van der Waals surface area (Å²) in [6, 6.07) is 4.49. The van der Waals surface area contributed by atoms with E-state index < -0.39 is 17.7 Å². The van der Waals surface area contributed by atoms with Gasteiger partial charge in [0.1, 0.15) is 23.7 Å². The molecule has 0 spiro atoms. The lowest BCUT2D eigenvalue weighted by Gasteiger charge is -2.38. The van der Waals surface area contributed by atoms with Crippen molar-refractivity contribution in [2.24, 2.45) is 0 Å². The predicted molar refractivity (Wildman–Crippen MR) is 123 cm³/mol. The van der Waals surface area contributed by atoms with Crippen molar-refractivity contribution in [1.29, 1.82) is 0 Å². The largest absolute Gasteiger partial charge is 0.353 e. The van der Waals surface area contributed by atoms with E-state index in [2.05, 4.69) is 15.3 Å². The molecule has 2 saturated heterocycles. The molecule has 5 rings (SSSR count). The molecule has 182 valence electrons. The lowest BCUT2D eigenvalue weighted by atomic mass is 9.88. The van der Waals surface area contributed by atoms with Gasteiger partial charge in [-0.3, -0.25) is 4.79 Å². The quantitative estimate of drug-likeness (QED) is 0.696. The number of rotatable bonds is 4. The first-order chi connectivity index (χ1) is 16.3. The third kappa shape index (κ3) is 4.13. The van der Waals surface area contributed by atoms with Crippen LogP contribution in [-0.2, 0) is 10.7 Å². The molecule has 0 radical (unpaired) electrons. The molecule has 10 heteroatoms. The lowest BCUT2D eigenvalue weighted by Crippen LogP contribution is -2.52. The number of alkyl halides is 2. The second kappa shape index (κ2) is 9.00. The molecule has 3 atom stereocenters. The maximum atomic E-state index is 14.4. The average molecular weight is 494 g/mol. The first-order valence-electron chi connectivity index (χ1n) is 11.7. The number of hydrogen-bond acceptors (Lipinski definition) is 5. The van der Waals surface area contributed by atoms with Crippen LogP contribution in [0, 0.1) is 5.82 Å². The Bertz CT molecular complexity index is 1090. The van der Waals surface area contributed by atoms with Gasteiger partial charge in [0.05, 0.1) is 10.9 Å². The molecule has 1 aliphatic carbocycles. The number of amides is 1. The average Bonchev–Trinajstić information content (AvgIpc) is 3.42. The molecule has 1 amide bonds. The lowest BCUT2D eigenvalue weighted by molar-refractivity contribution is -0.133. The van der Waals surface area contributed by atoms with Crippen LogP contribution in [0.2, 0.25) is 5.02 Å². The number of fused-ring (bicyclic) bond motifs is 1. The zero-order valence-electron chi connectivity index (χ0n) is 18.9. The molecule has 1 aromatic carbocycles. The number of carbonyl (C=O) groups is 1. The van der Waals surface area contributed by atoms with E-state index in [0.29, 0.717) is 43.1 Å². The van der Waals surface area contributed by atoms with Gasteiger partial charge in [-0.15, -0.1) is 0 Å². The summed E-state index contributed by atoms with van der Waals surface area (Å²) in [6.07, 6.45) is 2.73. The zero-order chi connectivity index (χ0) is 24.0. The van der Waals surface area contributed by atoms with Crippen LogP contribution in [0.1, 0.15) is 54.8 Å². The normalized spacial score (nSPS) is 24.9. The van der Waals surface area contributed by atoms with Gasteiger partial charge in [0.15, 0.2) is 0 Å². The first kappa shape index (κ1) is 23.4. The molecular weight excluding hydrogens is 467 g/mol. The highest BCUT2D eigenvalue weighted by Gasteiger charge is 2.47. The van der Waals surface area contributed by atoms with Crippen LogP contribution in [0.15, 0.2) is 24.5 Å². The van der Waals surface area contributed by atoms with E-state index in [1.165, 1.54) is 18.5 Å². The van der Waals surface area contributed by atoms with E-state index >= 15 is 0 Å². The summed E-state index contributed by atoms with van der Waals surface area (Å²) in [5.41, 5.74) is 0.941. The Hall–Kier alpha value is -2.39. The summed E-state index contributed by atoms with van der Waals surface area (Å²) in [7, 11) is 0. The zero-order valence-corrected chi connectivity index (χ0v) is 19.7. The van der Waals surface area contributed by atoms with Crippen molar-refractivity contribution in [3.63, 3.8) is 0 Å². The highest BCUT2D eigenvalue weighted by Crippen LogP contribution is 2.49. The smallest absolute Gasteiger partial charge is 0.290 e. The SMILES string of the molecule is C[C@@H]1CC(F)(F)c2ncnc(N3CCN(C(=O)[C@@H](c4ccc(Cl)c(F)c4)[C@@H]4CCCN4)CC3)c21. The molecule has 3 heterocycles. The molecule has 1 N–H and O–H groups in total. The third-order valence-electron chi connectivity index (χ3n) is 7.23. The minimum absolute atomic E-state index is 0.0279. The molecule has 1 aromatic heterocycles. The Morgan fingerprint density at radius 3 is 2.68 bits per heavy atom. The van der Waals surface area contributed by atoms with Gasteiger partial charge >= 0.3 is 0 Å². The summed E-state index contributed by atoms with van der Waals surface area (Å²) in [4.78, 5) is 25.6. The fraction of sp³-hybridized carbons (Fsp3) is 0.542. The van der Waals surface area contributed by atoms with Crippen molar-refractivity contribution >= 4 is 23.3 Å². The summed E-state index contributed by atoms with van der Waals surface area (Å²) in [6.45, 7) is 4.42. The van der Waals surface area contributed by atoms with Crippen LogP contribution in [0.4, 0.5) is 19.0 Å². The molecule has 3 aliphatic rings. The van der Waals surface area contributed by atoms with Gasteiger partial charge in [-0.2, -0.15) is 8.78 Å². The number of piperazine rings is 1. The van der Waals surface area contributed by atoms with Crippen molar-refractivity contribution in [2.45, 2.75) is 50.0 Å². The number of aromatic nitrogens is 2. The number of hydrogen-bond donors (Lipinski definition) is 1. The Kier molecular flexibility index (Phi) is 6.18. The van der Waals surface area contributed by atoms with Crippen LogP contribution in [0.5, 0.6) is 0 Å². The number of anilines is 1. The van der Waals surface area contributed by atoms with Gasteiger partial charge in [-0.1, -0.05) is 24.6 Å². The maximum absolute atomic E-state index is 14.4. The van der Waals surface area contributed by atoms with Crippen molar-refractivity contribution in [3.05, 3.63) is 52.2 Å². The highest BCUT2D eigenvalue weighted by atomic mass is 35.5. The van der Waals surface area contributed by atoms with Crippen LogP contribution in [0.25, 0.3) is 0 Å². The van der Waals surface area contributed by atoms with Crippen molar-refractivity contribution in [2.75, 3.05) is 37.6 Å². The fourth-order valence-electron chi connectivity index (χ4n) is 5.55. The minimum atomic E-state index is -2.94. The molecule has 0 bridgehead atoms. The Labute approximate surface area is 201 Å².